The number of nitrogens with zero attached hydrogens (tertiary/aromatic N) is 2. The summed E-state index contributed by atoms with van der Waals surface area (Å²) in [5.74, 6) is 0.480. The summed E-state index contributed by atoms with van der Waals surface area (Å²) in [7, 11) is 0. The molecular weight excluding hydrogens is 262 g/mol. The number of rotatable bonds is 6. The van der Waals surface area contributed by atoms with Gasteiger partial charge in [0.25, 0.3) is 5.69 Å². The summed E-state index contributed by atoms with van der Waals surface area (Å²) in [6.45, 7) is 4.94. The largest absolute Gasteiger partial charge is 0.493 e. The number of ether oxygens (including phenoxy) is 2. The van der Waals surface area contributed by atoms with Gasteiger partial charge in [0, 0.05) is 19.6 Å². The van der Waals surface area contributed by atoms with E-state index in [-0.39, 0.29) is 11.4 Å². The van der Waals surface area contributed by atoms with Crippen LogP contribution in [0, 0.1) is 10.1 Å². The monoisotopic (exact) mass is 281 g/mol. The Kier molecular flexibility index (Phi) is 5.14. The fourth-order valence-corrected chi connectivity index (χ4v) is 2.07. The summed E-state index contributed by atoms with van der Waals surface area (Å²) in [4.78, 5) is 12.6. The summed E-state index contributed by atoms with van der Waals surface area (Å²) >= 11 is 0. The molecule has 0 amide bonds. The van der Waals surface area contributed by atoms with Gasteiger partial charge in [-0.05, 0) is 18.6 Å². The first kappa shape index (κ1) is 14.5. The van der Waals surface area contributed by atoms with Crippen molar-refractivity contribution in [3.05, 3.63) is 28.3 Å². The average Bonchev–Trinajstić information content (AvgIpc) is 2.46. The molecule has 7 heteroatoms. The average molecular weight is 281 g/mol. The maximum atomic E-state index is 10.8. The molecule has 2 rings (SSSR count). The van der Waals surface area contributed by atoms with Crippen LogP contribution in [0.15, 0.2) is 18.2 Å². The van der Waals surface area contributed by atoms with Gasteiger partial charge in [-0.2, -0.15) is 0 Å². The van der Waals surface area contributed by atoms with Crippen LogP contribution in [0.5, 0.6) is 5.75 Å². The minimum Gasteiger partial charge on any atom is -0.493 e. The number of nitrogens with two attached hydrogens (primary N) is 1. The van der Waals surface area contributed by atoms with Gasteiger partial charge in [-0.25, -0.2) is 0 Å². The van der Waals surface area contributed by atoms with Crippen molar-refractivity contribution >= 4 is 11.4 Å². The van der Waals surface area contributed by atoms with E-state index >= 15 is 0 Å². The molecule has 0 saturated carbocycles. The van der Waals surface area contributed by atoms with E-state index in [0.29, 0.717) is 12.4 Å². The number of benzene rings is 1. The highest BCUT2D eigenvalue weighted by Gasteiger charge is 2.13. The third-order valence-electron chi connectivity index (χ3n) is 3.19. The Morgan fingerprint density at radius 1 is 1.40 bits per heavy atom. The predicted molar refractivity (Wildman–Crippen MR) is 74.9 cm³/mol. The van der Waals surface area contributed by atoms with Gasteiger partial charge in [0.15, 0.2) is 0 Å². The molecule has 0 aliphatic carbocycles. The molecule has 20 heavy (non-hydrogen) atoms. The minimum absolute atomic E-state index is 0.115. The highest BCUT2D eigenvalue weighted by molar-refractivity contribution is 5.60. The minimum atomic E-state index is -0.504. The number of nitro groups is 1. The van der Waals surface area contributed by atoms with E-state index < -0.39 is 4.92 Å². The fourth-order valence-electron chi connectivity index (χ4n) is 2.07. The van der Waals surface area contributed by atoms with Crippen LogP contribution in [0.1, 0.15) is 6.42 Å². The maximum Gasteiger partial charge on any atom is 0.295 e. The zero-order valence-corrected chi connectivity index (χ0v) is 11.3. The van der Waals surface area contributed by atoms with Crippen molar-refractivity contribution in [1.82, 2.24) is 4.90 Å². The lowest BCUT2D eigenvalue weighted by atomic mass is 10.2. The first-order valence-corrected chi connectivity index (χ1v) is 6.63. The highest BCUT2D eigenvalue weighted by atomic mass is 16.6. The molecule has 1 aromatic carbocycles. The zero-order chi connectivity index (χ0) is 14.4. The standard InChI is InChI=1S/C13H19N3O4/c14-12-3-2-11(10-13(12)16(17)18)20-7-1-4-15-5-8-19-9-6-15/h2-3,10H,1,4-9,14H2. The summed E-state index contributed by atoms with van der Waals surface area (Å²) in [6, 6.07) is 4.51. The van der Waals surface area contributed by atoms with Crippen LogP contribution in [0.3, 0.4) is 0 Å². The second-order valence-electron chi connectivity index (χ2n) is 4.63. The molecule has 1 saturated heterocycles. The Morgan fingerprint density at radius 2 is 2.15 bits per heavy atom. The molecule has 0 bridgehead atoms. The fraction of sp³-hybridized carbons (Fsp3) is 0.538. The maximum absolute atomic E-state index is 10.8. The first-order valence-electron chi connectivity index (χ1n) is 6.63. The number of anilines is 1. The van der Waals surface area contributed by atoms with Crippen LogP contribution in [-0.4, -0.2) is 49.3 Å². The molecular formula is C13H19N3O4. The molecule has 2 N–H and O–H groups in total. The molecule has 0 aromatic heterocycles. The van der Waals surface area contributed by atoms with Crippen molar-refractivity contribution in [2.75, 3.05) is 45.2 Å². The van der Waals surface area contributed by atoms with Crippen LogP contribution >= 0.6 is 0 Å². The Hall–Kier alpha value is -1.86. The quantitative estimate of drug-likeness (QED) is 0.365. The summed E-state index contributed by atoms with van der Waals surface area (Å²) in [5, 5.41) is 10.8. The van der Waals surface area contributed by atoms with E-state index in [4.69, 9.17) is 15.2 Å². The second-order valence-corrected chi connectivity index (χ2v) is 4.63. The SMILES string of the molecule is Nc1ccc(OCCCN2CCOCC2)cc1[N+](=O)[O-]. The Bertz CT molecular complexity index is 461. The normalized spacial score (nSPS) is 16.0. The topological polar surface area (TPSA) is 90.9 Å². The van der Waals surface area contributed by atoms with Gasteiger partial charge in [0.2, 0.25) is 0 Å². The van der Waals surface area contributed by atoms with Crippen LogP contribution in [0.4, 0.5) is 11.4 Å². The zero-order valence-electron chi connectivity index (χ0n) is 11.3. The molecule has 1 aromatic rings. The number of morpholine rings is 1. The molecule has 0 spiro atoms. The Balaban J connectivity index is 1.76. The molecule has 1 aliphatic heterocycles. The number of nitro benzene ring substituents is 1. The molecule has 0 atom stereocenters. The van der Waals surface area contributed by atoms with Crippen molar-refractivity contribution in [2.24, 2.45) is 0 Å². The lowest BCUT2D eigenvalue weighted by molar-refractivity contribution is -0.384. The highest BCUT2D eigenvalue weighted by Crippen LogP contribution is 2.26. The van der Waals surface area contributed by atoms with Crippen LogP contribution in [-0.2, 0) is 4.74 Å². The van der Waals surface area contributed by atoms with Crippen LogP contribution in [0.25, 0.3) is 0 Å². The third kappa shape index (κ3) is 4.07. The first-order chi connectivity index (χ1) is 9.66. The number of hydrogen-bond acceptors (Lipinski definition) is 6. The number of hydrogen-bond donors (Lipinski definition) is 1. The lowest BCUT2D eigenvalue weighted by Gasteiger charge is -2.26. The van der Waals surface area contributed by atoms with E-state index in [1.54, 1.807) is 6.07 Å². The van der Waals surface area contributed by atoms with Gasteiger partial charge in [-0.1, -0.05) is 0 Å². The van der Waals surface area contributed by atoms with Crippen molar-refractivity contribution in [1.29, 1.82) is 0 Å². The van der Waals surface area contributed by atoms with E-state index in [1.807, 2.05) is 0 Å². The smallest absolute Gasteiger partial charge is 0.295 e. The van der Waals surface area contributed by atoms with Crippen molar-refractivity contribution < 1.29 is 14.4 Å². The van der Waals surface area contributed by atoms with E-state index in [0.717, 1.165) is 39.3 Å². The van der Waals surface area contributed by atoms with Crippen molar-refractivity contribution in [3.8, 4) is 5.75 Å². The molecule has 110 valence electrons. The van der Waals surface area contributed by atoms with Crippen molar-refractivity contribution in [3.63, 3.8) is 0 Å². The number of nitrogen functional groups attached to an aromatic ring is 1. The van der Waals surface area contributed by atoms with Crippen molar-refractivity contribution in [2.45, 2.75) is 6.42 Å². The van der Waals surface area contributed by atoms with E-state index in [2.05, 4.69) is 4.90 Å². The lowest BCUT2D eigenvalue weighted by Crippen LogP contribution is -2.37. The summed E-state index contributed by atoms with van der Waals surface area (Å²) in [5.41, 5.74) is 5.56. The molecule has 1 fully saturated rings. The third-order valence-corrected chi connectivity index (χ3v) is 3.19. The summed E-state index contributed by atoms with van der Waals surface area (Å²) < 4.78 is 10.8. The molecule has 0 radical (unpaired) electrons. The van der Waals surface area contributed by atoms with Crippen LogP contribution < -0.4 is 10.5 Å². The second kappa shape index (κ2) is 7.06. The molecule has 1 aliphatic rings. The van der Waals surface area contributed by atoms with E-state index in [9.17, 15) is 10.1 Å². The van der Waals surface area contributed by atoms with Gasteiger partial charge < -0.3 is 15.2 Å². The van der Waals surface area contributed by atoms with Gasteiger partial charge in [-0.3, -0.25) is 15.0 Å². The van der Waals surface area contributed by atoms with Gasteiger partial charge in [0.05, 0.1) is 30.8 Å². The van der Waals surface area contributed by atoms with E-state index in [1.165, 1.54) is 12.1 Å². The van der Waals surface area contributed by atoms with Gasteiger partial charge in [-0.15, -0.1) is 0 Å². The van der Waals surface area contributed by atoms with Gasteiger partial charge in [0.1, 0.15) is 11.4 Å². The Labute approximate surface area is 117 Å². The molecule has 7 nitrogen and oxygen atoms in total. The van der Waals surface area contributed by atoms with Gasteiger partial charge >= 0.3 is 0 Å². The predicted octanol–water partition coefficient (Wildman–Crippen LogP) is 1.28. The van der Waals surface area contributed by atoms with Crippen LogP contribution in [0.2, 0.25) is 0 Å². The summed E-state index contributed by atoms with van der Waals surface area (Å²) in [6.07, 6.45) is 0.873. The molecule has 0 unspecified atom stereocenters. The molecule has 1 heterocycles. The Morgan fingerprint density at radius 3 is 2.85 bits per heavy atom.